The Balaban J connectivity index is 1.35. The summed E-state index contributed by atoms with van der Waals surface area (Å²) >= 11 is 6.01. The van der Waals surface area contributed by atoms with Crippen LogP contribution in [0.2, 0.25) is 5.02 Å². The first-order valence-corrected chi connectivity index (χ1v) is 9.99. The van der Waals surface area contributed by atoms with Gasteiger partial charge in [-0.25, -0.2) is 24.9 Å². The van der Waals surface area contributed by atoms with Crippen LogP contribution in [0.3, 0.4) is 0 Å². The van der Waals surface area contributed by atoms with Gasteiger partial charge < -0.3 is 20.6 Å². The summed E-state index contributed by atoms with van der Waals surface area (Å²) < 4.78 is 5.40. The van der Waals surface area contributed by atoms with E-state index in [-0.39, 0.29) is 21.9 Å². The van der Waals surface area contributed by atoms with Crippen molar-refractivity contribution in [1.29, 1.82) is 0 Å². The van der Waals surface area contributed by atoms with Crippen molar-refractivity contribution in [2.75, 3.05) is 5.73 Å². The zero-order valence-corrected chi connectivity index (χ0v) is 17.4. The second-order valence-electron chi connectivity index (χ2n) is 7.81. The fourth-order valence-electron chi connectivity index (χ4n) is 3.11. The highest BCUT2D eigenvalue weighted by molar-refractivity contribution is 6.35. The Hall–Kier alpha value is -3.60. The molecule has 0 saturated heterocycles. The molecule has 0 radical (unpaired) electrons. The highest BCUT2D eigenvalue weighted by Gasteiger charge is 2.42. The molecule has 4 aromatic rings. The van der Waals surface area contributed by atoms with Crippen molar-refractivity contribution in [2.24, 2.45) is 0 Å². The first kappa shape index (κ1) is 19.4. The number of amides is 1. The number of hydrogen-bond acceptors (Lipinski definition) is 9. The third-order valence-electron chi connectivity index (χ3n) is 5.36. The van der Waals surface area contributed by atoms with Gasteiger partial charge in [-0.15, -0.1) is 0 Å². The van der Waals surface area contributed by atoms with Crippen molar-refractivity contribution < 1.29 is 9.32 Å². The molecule has 1 fully saturated rings. The Morgan fingerprint density at radius 3 is 2.90 bits per heavy atom. The Morgan fingerprint density at radius 1 is 1.32 bits per heavy atom. The Kier molecular flexibility index (Phi) is 4.36. The van der Waals surface area contributed by atoms with E-state index in [1.807, 2.05) is 0 Å². The van der Waals surface area contributed by atoms with E-state index in [1.54, 1.807) is 19.2 Å². The molecular weight excluding hydrogens is 422 g/mol. The molecule has 1 amide bonds. The number of imidazole rings is 1. The lowest BCUT2D eigenvalue weighted by molar-refractivity contribution is 0.0929. The van der Waals surface area contributed by atoms with E-state index in [0.717, 1.165) is 18.7 Å². The molecule has 5 rings (SSSR count). The number of H-pyrrole nitrogens is 1. The van der Waals surface area contributed by atoms with Gasteiger partial charge in [-0.1, -0.05) is 23.7 Å². The molecule has 1 saturated carbocycles. The van der Waals surface area contributed by atoms with Crippen LogP contribution < -0.4 is 11.1 Å². The number of nitrogens with one attached hydrogen (secondary N) is 2. The summed E-state index contributed by atoms with van der Waals surface area (Å²) in [6.45, 7) is 3.89. The van der Waals surface area contributed by atoms with Crippen molar-refractivity contribution in [1.82, 2.24) is 40.4 Å². The Morgan fingerprint density at radius 2 is 2.13 bits per heavy atom. The lowest BCUT2D eigenvalue weighted by atomic mass is 10.1. The predicted molar refractivity (Wildman–Crippen MR) is 111 cm³/mol. The van der Waals surface area contributed by atoms with Crippen molar-refractivity contribution in [3.63, 3.8) is 0 Å². The summed E-state index contributed by atoms with van der Waals surface area (Å²) in [5.74, 6) is 1.26. The highest BCUT2D eigenvalue weighted by atomic mass is 35.5. The first-order chi connectivity index (χ1) is 14.8. The fraction of sp³-hybridized carbons (Fsp3) is 0.316. The van der Waals surface area contributed by atoms with Gasteiger partial charge in [-0.3, -0.25) is 4.79 Å². The first-order valence-electron chi connectivity index (χ1n) is 9.61. The van der Waals surface area contributed by atoms with Gasteiger partial charge in [0.15, 0.2) is 22.9 Å². The number of rotatable bonds is 5. The van der Waals surface area contributed by atoms with Crippen molar-refractivity contribution in [3.8, 4) is 11.5 Å². The molecule has 4 N–H and O–H groups in total. The third kappa shape index (κ3) is 3.46. The normalized spacial score (nSPS) is 15.7. The van der Waals surface area contributed by atoms with E-state index < -0.39 is 11.9 Å². The quantitative estimate of drug-likeness (QED) is 0.424. The predicted octanol–water partition coefficient (Wildman–Crippen LogP) is 2.58. The maximum Gasteiger partial charge on any atom is 0.272 e. The molecular formula is C19H18ClN9O2. The molecule has 1 atom stereocenters. The standard InChI is InChI=1S/C19H18ClN9O2/c1-8(25-17(30)13-12(20)14(21)24-7-23-13)11-5-9(29-31-11)15-26-10-6-22-18(19(2)3-4-19)28-16(10)27-15/h5-8H,3-4H2,1-2H3,(H,25,30)(H2,21,23,24)(H,22,26,27,28)/t8-/m1/s1. The van der Waals surface area contributed by atoms with Gasteiger partial charge in [0.05, 0.1) is 12.2 Å². The summed E-state index contributed by atoms with van der Waals surface area (Å²) in [7, 11) is 0. The average molecular weight is 440 g/mol. The van der Waals surface area contributed by atoms with Crippen LogP contribution in [0.4, 0.5) is 5.82 Å². The number of nitrogens with two attached hydrogens (primary N) is 1. The summed E-state index contributed by atoms with van der Waals surface area (Å²) in [6, 6.07) is 1.18. The maximum absolute atomic E-state index is 12.5. The number of aromatic amines is 1. The van der Waals surface area contributed by atoms with Gasteiger partial charge >= 0.3 is 0 Å². The van der Waals surface area contributed by atoms with Crippen LogP contribution >= 0.6 is 11.6 Å². The van der Waals surface area contributed by atoms with E-state index in [0.29, 0.717) is 28.4 Å². The van der Waals surface area contributed by atoms with Gasteiger partial charge in [0, 0.05) is 11.5 Å². The number of nitrogen functional groups attached to an aromatic ring is 1. The topological polar surface area (TPSA) is 161 Å². The number of nitrogens with zero attached hydrogens (tertiary/aromatic N) is 6. The molecule has 0 bridgehead atoms. The number of hydrogen-bond donors (Lipinski definition) is 3. The molecule has 0 spiro atoms. The number of carbonyl (C=O) groups excluding carboxylic acids is 1. The molecule has 0 unspecified atom stereocenters. The molecule has 31 heavy (non-hydrogen) atoms. The van der Waals surface area contributed by atoms with Crippen LogP contribution in [0.1, 0.15) is 54.8 Å². The number of fused-ring (bicyclic) bond motifs is 1. The van der Waals surface area contributed by atoms with Crippen molar-refractivity contribution in [3.05, 3.63) is 40.9 Å². The largest absolute Gasteiger partial charge is 0.382 e. The summed E-state index contributed by atoms with van der Waals surface area (Å²) in [4.78, 5) is 36.8. The summed E-state index contributed by atoms with van der Waals surface area (Å²) in [6.07, 6.45) is 5.07. The van der Waals surface area contributed by atoms with E-state index in [4.69, 9.17) is 21.9 Å². The van der Waals surface area contributed by atoms with Gasteiger partial charge in [-0.05, 0) is 19.8 Å². The minimum Gasteiger partial charge on any atom is -0.382 e. The monoisotopic (exact) mass is 439 g/mol. The molecule has 0 aliphatic heterocycles. The molecule has 158 valence electrons. The number of aromatic nitrogens is 7. The SMILES string of the molecule is C[C@@H](NC(=O)c1ncnc(N)c1Cl)c1cc(-c2nc3nc(C4(C)CC4)ncc3[nH]2)no1. The van der Waals surface area contributed by atoms with Crippen LogP contribution in [-0.4, -0.2) is 41.0 Å². The summed E-state index contributed by atoms with van der Waals surface area (Å²) in [5.41, 5.74) is 7.44. The Bertz CT molecular complexity index is 1310. The molecule has 4 aromatic heterocycles. The van der Waals surface area contributed by atoms with E-state index >= 15 is 0 Å². The van der Waals surface area contributed by atoms with Crippen LogP contribution in [0.15, 0.2) is 23.1 Å². The summed E-state index contributed by atoms with van der Waals surface area (Å²) in [5, 5.41) is 6.80. The second kappa shape index (κ2) is 6.98. The molecule has 12 heteroatoms. The van der Waals surface area contributed by atoms with Gasteiger partial charge in [-0.2, -0.15) is 0 Å². The molecule has 4 heterocycles. The van der Waals surface area contributed by atoms with Crippen LogP contribution in [0.5, 0.6) is 0 Å². The zero-order chi connectivity index (χ0) is 21.8. The van der Waals surface area contributed by atoms with Gasteiger partial charge in [0.25, 0.3) is 5.91 Å². The lowest BCUT2D eigenvalue weighted by Crippen LogP contribution is -2.27. The molecule has 0 aromatic carbocycles. The fourth-order valence-corrected chi connectivity index (χ4v) is 3.30. The van der Waals surface area contributed by atoms with Crippen molar-refractivity contribution >= 4 is 34.5 Å². The van der Waals surface area contributed by atoms with Crippen LogP contribution in [-0.2, 0) is 5.41 Å². The average Bonchev–Trinajstić information content (AvgIpc) is 3.17. The second-order valence-corrected chi connectivity index (χ2v) is 8.19. The zero-order valence-electron chi connectivity index (χ0n) is 16.7. The molecule has 11 nitrogen and oxygen atoms in total. The van der Waals surface area contributed by atoms with Gasteiger partial charge in [0.2, 0.25) is 0 Å². The van der Waals surface area contributed by atoms with Crippen LogP contribution in [0, 0.1) is 0 Å². The van der Waals surface area contributed by atoms with Crippen LogP contribution in [0.25, 0.3) is 22.7 Å². The minimum atomic E-state index is -0.510. The highest BCUT2D eigenvalue weighted by Crippen LogP contribution is 2.45. The van der Waals surface area contributed by atoms with Crippen molar-refractivity contribution in [2.45, 2.75) is 38.1 Å². The third-order valence-corrected chi connectivity index (χ3v) is 5.73. The molecule has 1 aliphatic rings. The molecule has 1 aliphatic carbocycles. The van der Waals surface area contributed by atoms with E-state index in [1.165, 1.54) is 6.33 Å². The van der Waals surface area contributed by atoms with E-state index in [9.17, 15) is 4.79 Å². The minimum absolute atomic E-state index is 0.00623. The lowest BCUT2D eigenvalue weighted by Gasteiger charge is -2.11. The van der Waals surface area contributed by atoms with E-state index in [2.05, 4.69) is 47.3 Å². The number of anilines is 1. The smallest absolute Gasteiger partial charge is 0.272 e. The number of carbonyl (C=O) groups is 1. The maximum atomic E-state index is 12.5. The van der Waals surface area contributed by atoms with Gasteiger partial charge in [0.1, 0.15) is 34.2 Å². The Labute approximate surface area is 180 Å². The number of halogens is 1.